The molecule has 0 aliphatic heterocycles. The summed E-state index contributed by atoms with van der Waals surface area (Å²) in [6.45, 7) is 19.8. The van der Waals surface area contributed by atoms with E-state index < -0.39 is 16.8 Å². The average molecular weight is 757 g/mol. The molecule has 57 heavy (non-hydrogen) atoms. The summed E-state index contributed by atoms with van der Waals surface area (Å²) in [5, 5.41) is 1.99. The van der Waals surface area contributed by atoms with Gasteiger partial charge in [-0.1, -0.05) is 151 Å². The van der Waals surface area contributed by atoms with Crippen LogP contribution in [0.5, 0.6) is 0 Å². The van der Waals surface area contributed by atoms with Crippen molar-refractivity contribution < 1.29 is 8.78 Å². The Balaban J connectivity index is 1.18. The lowest BCUT2D eigenvalue weighted by molar-refractivity contribution is -0.105. The highest BCUT2D eigenvalue weighted by Gasteiger charge is 2.65. The van der Waals surface area contributed by atoms with E-state index in [-0.39, 0.29) is 10.8 Å². The van der Waals surface area contributed by atoms with Crippen LogP contribution < -0.4 is 0 Å². The molecule has 0 spiro atoms. The van der Waals surface area contributed by atoms with Gasteiger partial charge >= 0.3 is 0 Å². The van der Waals surface area contributed by atoms with Gasteiger partial charge in [-0.2, -0.15) is 0 Å². The van der Waals surface area contributed by atoms with Crippen LogP contribution in [0.4, 0.5) is 8.78 Å². The molecule has 4 nitrogen and oxygen atoms in total. The number of aromatic nitrogens is 4. The van der Waals surface area contributed by atoms with E-state index in [4.69, 9.17) is 19.9 Å². The van der Waals surface area contributed by atoms with Gasteiger partial charge in [0.25, 0.3) is 5.92 Å². The second-order valence-corrected chi connectivity index (χ2v) is 18.7. The molecule has 0 radical (unpaired) electrons. The molecule has 1 aliphatic carbocycles. The first-order chi connectivity index (χ1) is 26.8. The van der Waals surface area contributed by atoms with Crippen molar-refractivity contribution >= 4 is 10.8 Å². The van der Waals surface area contributed by atoms with E-state index in [2.05, 4.69) is 126 Å². The smallest absolute Gasteiger partial charge is 0.255 e. The van der Waals surface area contributed by atoms with Crippen molar-refractivity contribution in [2.45, 2.75) is 96.8 Å². The minimum atomic E-state index is -2.90. The summed E-state index contributed by atoms with van der Waals surface area (Å²) >= 11 is 0. The van der Waals surface area contributed by atoms with Crippen molar-refractivity contribution in [3.05, 3.63) is 144 Å². The number of fused-ring (bicyclic) bond motifs is 2. The molecule has 0 amide bonds. The van der Waals surface area contributed by atoms with E-state index in [9.17, 15) is 0 Å². The normalized spacial score (nSPS) is 15.8. The topological polar surface area (TPSA) is 51.6 Å². The fraction of sp³-hybridized carbons (Fsp3) is 0.294. The molecule has 7 aromatic rings. The van der Waals surface area contributed by atoms with Crippen LogP contribution in [0.1, 0.15) is 91.5 Å². The Labute approximate surface area is 335 Å². The Kier molecular flexibility index (Phi) is 8.88. The van der Waals surface area contributed by atoms with Crippen LogP contribution in [0.3, 0.4) is 0 Å². The lowest BCUT2D eigenvalue weighted by Gasteiger charge is -2.35. The minimum Gasteiger partial charge on any atom is -0.255 e. The van der Waals surface area contributed by atoms with Gasteiger partial charge in [-0.05, 0) is 77.8 Å². The first-order valence-corrected chi connectivity index (χ1v) is 19.8. The van der Waals surface area contributed by atoms with Crippen molar-refractivity contribution in [2.75, 3.05) is 0 Å². The van der Waals surface area contributed by atoms with Gasteiger partial charge in [0, 0.05) is 39.4 Å². The maximum atomic E-state index is 15.7. The maximum Gasteiger partial charge on any atom is 0.266 e. The van der Waals surface area contributed by atoms with E-state index in [1.807, 2.05) is 36.5 Å². The zero-order chi connectivity index (χ0) is 40.7. The van der Waals surface area contributed by atoms with Gasteiger partial charge in [-0.25, -0.2) is 23.7 Å². The number of pyridine rings is 1. The first kappa shape index (κ1) is 38.3. The van der Waals surface area contributed by atoms with Crippen LogP contribution in [0.15, 0.2) is 121 Å². The Morgan fingerprint density at radius 1 is 0.456 bits per heavy atom. The Morgan fingerprint density at radius 2 is 0.860 bits per heavy atom. The molecule has 2 heterocycles. The van der Waals surface area contributed by atoms with Crippen molar-refractivity contribution in [1.29, 1.82) is 0 Å². The van der Waals surface area contributed by atoms with Gasteiger partial charge in [0.05, 0.1) is 16.5 Å². The molecular formula is C51H50F2N4. The van der Waals surface area contributed by atoms with Crippen molar-refractivity contribution in [3.8, 4) is 56.5 Å². The third-order valence-corrected chi connectivity index (χ3v) is 12.1. The Hall–Kier alpha value is -5.62. The van der Waals surface area contributed by atoms with Gasteiger partial charge in [-0.3, -0.25) is 4.98 Å². The van der Waals surface area contributed by atoms with Crippen LogP contribution in [-0.2, 0) is 21.7 Å². The monoisotopic (exact) mass is 756 g/mol. The van der Waals surface area contributed by atoms with E-state index in [1.54, 1.807) is 27.7 Å². The fourth-order valence-corrected chi connectivity index (χ4v) is 8.33. The number of nitrogens with zero attached hydrogens (tertiary/aromatic N) is 4. The summed E-state index contributed by atoms with van der Waals surface area (Å²) in [6, 6.07) is 39.2. The molecule has 0 atom stereocenters. The summed E-state index contributed by atoms with van der Waals surface area (Å²) in [7, 11) is 0. The standard InChI is InChI=1S/C51H50F2N4/c1-47(2,3)36-24-19-33(20-25-36)45-55-44(56-46(57-45)34-21-26-37(27-22-34)48(4,5)6)32-17-15-31(16-18-32)40-30-54-43(39-14-12-11-13-38(39)40)35-23-28-41-42(29-35)50(9,10)51(52,53)49(41,7)8/h11-30H,1-10H3. The maximum absolute atomic E-state index is 15.7. The van der Waals surface area contributed by atoms with Gasteiger partial charge < -0.3 is 0 Å². The van der Waals surface area contributed by atoms with Gasteiger partial charge in [0.2, 0.25) is 0 Å². The van der Waals surface area contributed by atoms with Crippen molar-refractivity contribution in [3.63, 3.8) is 0 Å². The lowest BCUT2D eigenvalue weighted by Crippen LogP contribution is -2.46. The van der Waals surface area contributed by atoms with Crippen molar-refractivity contribution in [2.24, 2.45) is 0 Å². The number of halogens is 2. The number of hydrogen-bond donors (Lipinski definition) is 0. The molecule has 1 aliphatic rings. The third kappa shape index (κ3) is 6.43. The first-order valence-electron chi connectivity index (χ1n) is 19.8. The van der Waals surface area contributed by atoms with E-state index in [1.165, 1.54) is 11.1 Å². The molecule has 2 aromatic heterocycles. The molecule has 0 unspecified atom stereocenters. The summed E-state index contributed by atoms with van der Waals surface area (Å²) in [5.41, 5.74) is 7.64. The average Bonchev–Trinajstić information content (AvgIpc) is 3.29. The fourth-order valence-electron chi connectivity index (χ4n) is 8.33. The molecule has 8 rings (SSSR count). The molecule has 0 saturated heterocycles. The molecule has 6 heteroatoms. The number of benzene rings is 5. The molecule has 0 saturated carbocycles. The highest BCUT2D eigenvalue weighted by atomic mass is 19.3. The number of alkyl halides is 2. The molecule has 0 fully saturated rings. The van der Waals surface area contributed by atoms with Crippen LogP contribution in [-0.4, -0.2) is 25.9 Å². The molecule has 5 aromatic carbocycles. The Bertz CT molecular complexity index is 2570. The second kappa shape index (κ2) is 13.2. The highest BCUT2D eigenvalue weighted by Crippen LogP contribution is 2.60. The predicted molar refractivity (Wildman–Crippen MR) is 231 cm³/mol. The predicted octanol–water partition coefficient (Wildman–Crippen LogP) is 13.6. The largest absolute Gasteiger partial charge is 0.266 e. The van der Waals surface area contributed by atoms with E-state index >= 15 is 8.78 Å². The van der Waals surface area contributed by atoms with Crippen LogP contribution in [0.25, 0.3) is 67.3 Å². The third-order valence-electron chi connectivity index (χ3n) is 12.1. The van der Waals surface area contributed by atoms with Crippen molar-refractivity contribution in [1.82, 2.24) is 19.9 Å². The summed E-state index contributed by atoms with van der Waals surface area (Å²) in [4.78, 5) is 20.0. The van der Waals surface area contributed by atoms with Crippen LogP contribution >= 0.6 is 0 Å². The Morgan fingerprint density at radius 3 is 1.33 bits per heavy atom. The van der Waals surface area contributed by atoms with Crippen LogP contribution in [0.2, 0.25) is 0 Å². The second-order valence-electron chi connectivity index (χ2n) is 18.7. The van der Waals surface area contributed by atoms with Gasteiger partial charge in [-0.15, -0.1) is 0 Å². The highest BCUT2D eigenvalue weighted by molar-refractivity contribution is 6.03. The van der Waals surface area contributed by atoms with Gasteiger partial charge in [0.1, 0.15) is 0 Å². The molecule has 0 bridgehead atoms. The lowest BCUT2D eigenvalue weighted by atomic mass is 9.77. The summed E-state index contributed by atoms with van der Waals surface area (Å²) in [5.74, 6) is -1.07. The zero-order valence-electron chi connectivity index (χ0n) is 34.6. The van der Waals surface area contributed by atoms with Crippen LogP contribution in [0, 0.1) is 0 Å². The SMILES string of the molecule is CC(C)(C)c1ccc(-c2nc(-c3ccc(-c4cnc(-c5ccc6c(c5)C(C)(C)C(F)(F)C6(C)C)c5ccccc45)cc3)nc(-c3ccc(C(C)(C)C)cc3)n2)cc1. The minimum absolute atomic E-state index is 0.0301. The number of rotatable bonds is 5. The summed E-state index contributed by atoms with van der Waals surface area (Å²) < 4.78 is 31.4. The van der Waals surface area contributed by atoms with Gasteiger partial charge in [0.15, 0.2) is 17.5 Å². The van der Waals surface area contributed by atoms with E-state index in [0.29, 0.717) is 28.6 Å². The zero-order valence-corrected chi connectivity index (χ0v) is 34.6. The molecule has 0 N–H and O–H groups in total. The molecular weight excluding hydrogens is 707 g/mol. The van der Waals surface area contributed by atoms with E-state index in [0.717, 1.165) is 49.8 Å². The number of hydrogen-bond acceptors (Lipinski definition) is 4. The summed E-state index contributed by atoms with van der Waals surface area (Å²) in [6.07, 6.45) is 1.89. The molecule has 288 valence electrons. The quantitative estimate of drug-likeness (QED) is 0.175.